The fourth-order valence-electron chi connectivity index (χ4n) is 3.08. The van der Waals surface area contributed by atoms with Crippen molar-refractivity contribution in [3.63, 3.8) is 0 Å². The number of nitrogens with zero attached hydrogens (tertiary/aromatic N) is 1. The topological polar surface area (TPSA) is 126 Å². The highest BCUT2D eigenvalue weighted by Crippen LogP contribution is 2.35. The number of halogens is 1. The van der Waals surface area contributed by atoms with Gasteiger partial charge in [0.2, 0.25) is 0 Å². The van der Waals surface area contributed by atoms with Crippen molar-refractivity contribution in [1.82, 2.24) is 5.32 Å². The number of carbonyl (C=O) groups is 1. The van der Waals surface area contributed by atoms with Crippen LogP contribution in [0.5, 0.6) is 0 Å². The molecule has 3 N–H and O–H groups in total. The number of hydrogen-bond acceptors (Lipinski definition) is 6. The number of amides is 1. The summed E-state index contributed by atoms with van der Waals surface area (Å²) in [6.45, 7) is 1.62. The van der Waals surface area contributed by atoms with Crippen LogP contribution in [0.3, 0.4) is 0 Å². The second kappa shape index (κ2) is 8.33. The molecule has 0 saturated carbocycles. The van der Waals surface area contributed by atoms with Gasteiger partial charge in [-0.25, -0.2) is 4.39 Å². The van der Waals surface area contributed by atoms with Crippen molar-refractivity contribution in [3.8, 4) is 11.3 Å². The van der Waals surface area contributed by atoms with E-state index in [1.54, 1.807) is 6.92 Å². The predicted molar refractivity (Wildman–Crippen MR) is 107 cm³/mol. The SMILES string of the molecule is CCN(c1cc2oc(-c3ccc(F)cc3)c(C(=O)NC)c2cc1B(O)O)S(=O)[O-]. The van der Waals surface area contributed by atoms with Gasteiger partial charge in [0, 0.05) is 47.3 Å². The molecule has 2 aromatic carbocycles. The van der Waals surface area contributed by atoms with Crippen LogP contribution in [0.15, 0.2) is 40.8 Å². The average Bonchev–Trinajstić information content (AvgIpc) is 3.05. The van der Waals surface area contributed by atoms with E-state index in [2.05, 4.69) is 5.32 Å². The predicted octanol–water partition coefficient (Wildman–Crippen LogP) is 0.899. The largest absolute Gasteiger partial charge is 0.755 e. The van der Waals surface area contributed by atoms with E-state index in [4.69, 9.17) is 4.42 Å². The molecule has 1 heterocycles. The van der Waals surface area contributed by atoms with E-state index in [0.29, 0.717) is 5.56 Å². The number of nitrogens with one attached hydrogen (secondary N) is 1. The lowest BCUT2D eigenvalue weighted by Gasteiger charge is -2.27. The molecule has 3 aromatic rings. The minimum atomic E-state index is -2.67. The van der Waals surface area contributed by atoms with Crippen LogP contribution in [0.25, 0.3) is 22.3 Å². The lowest BCUT2D eigenvalue weighted by atomic mass is 9.78. The molecule has 1 amide bonds. The summed E-state index contributed by atoms with van der Waals surface area (Å²) in [7, 11) is -0.570. The standard InChI is InChI=1S/C18H18BFN2O6S/c1-3-22(29(26)27)14-9-15-12(8-13(14)19(24)25)16(18(23)21-2)17(28-15)10-4-6-11(20)7-5-10/h4-9,24-25H,3H2,1-2H3,(H,21,23)(H,26,27)/p-1. The molecule has 0 saturated heterocycles. The Balaban J connectivity index is 2.35. The van der Waals surface area contributed by atoms with Crippen LogP contribution in [-0.4, -0.2) is 45.4 Å². The quantitative estimate of drug-likeness (QED) is 0.403. The number of hydrogen-bond donors (Lipinski definition) is 3. The smallest absolute Gasteiger partial charge is 0.490 e. The zero-order chi connectivity index (χ0) is 21.3. The number of rotatable bonds is 6. The molecule has 8 nitrogen and oxygen atoms in total. The molecule has 11 heteroatoms. The maximum atomic E-state index is 13.3. The number of fused-ring (bicyclic) bond motifs is 1. The number of anilines is 1. The Morgan fingerprint density at radius 2 is 1.97 bits per heavy atom. The Kier molecular flexibility index (Phi) is 6.03. The third kappa shape index (κ3) is 3.90. The second-order valence-corrected chi connectivity index (χ2v) is 6.96. The molecule has 0 radical (unpaired) electrons. The number of furan rings is 1. The summed E-state index contributed by atoms with van der Waals surface area (Å²) >= 11 is -2.67. The van der Waals surface area contributed by atoms with Crippen LogP contribution < -0.4 is 15.1 Å². The zero-order valence-electron chi connectivity index (χ0n) is 15.5. The van der Waals surface area contributed by atoms with Crippen molar-refractivity contribution >= 4 is 46.4 Å². The van der Waals surface area contributed by atoms with Gasteiger partial charge in [-0.2, -0.15) is 0 Å². The molecular weight excluding hydrogens is 402 g/mol. The van der Waals surface area contributed by atoms with Crippen molar-refractivity contribution in [2.45, 2.75) is 6.92 Å². The van der Waals surface area contributed by atoms with Crippen molar-refractivity contribution in [1.29, 1.82) is 0 Å². The molecule has 0 aliphatic carbocycles. The molecule has 29 heavy (non-hydrogen) atoms. The van der Waals surface area contributed by atoms with Crippen LogP contribution >= 0.6 is 0 Å². The normalized spacial score (nSPS) is 12.1. The van der Waals surface area contributed by atoms with Crippen LogP contribution in [0.1, 0.15) is 17.3 Å². The molecular formula is C18H17BFN2O6S-. The first-order valence-corrected chi connectivity index (χ1v) is 9.63. The fraction of sp³-hybridized carbons (Fsp3) is 0.167. The van der Waals surface area contributed by atoms with E-state index < -0.39 is 30.1 Å². The van der Waals surface area contributed by atoms with E-state index in [0.717, 1.165) is 4.31 Å². The van der Waals surface area contributed by atoms with Gasteiger partial charge in [-0.15, -0.1) is 0 Å². The monoisotopic (exact) mass is 419 g/mol. The van der Waals surface area contributed by atoms with Crippen LogP contribution in [-0.2, 0) is 11.3 Å². The highest BCUT2D eigenvalue weighted by molar-refractivity contribution is 7.80. The van der Waals surface area contributed by atoms with Gasteiger partial charge in [0.15, 0.2) is 0 Å². The Labute approximate surface area is 168 Å². The Bertz CT molecular complexity index is 1090. The van der Waals surface area contributed by atoms with Gasteiger partial charge in [0.25, 0.3) is 5.91 Å². The van der Waals surface area contributed by atoms with Crippen LogP contribution in [0.4, 0.5) is 10.1 Å². The summed E-state index contributed by atoms with van der Waals surface area (Å²) in [5.41, 5.74) is 0.583. The van der Waals surface area contributed by atoms with Gasteiger partial charge in [-0.05, 0) is 37.3 Å². The van der Waals surface area contributed by atoms with Gasteiger partial charge in [0.1, 0.15) is 17.2 Å². The van der Waals surface area contributed by atoms with E-state index >= 15 is 0 Å². The first-order valence-electron chi connectivity index (χ1n) is 8.60. The molecule has 0 aliphatic heterocycles. The Morgan fingerprint density at radius 3 is 2.48 bits per heavy atom. The molecule has 3 rings (SSSR count). The third-order valence-electron chi connectivity index (χ3n) is 4.41. The minimum absolute atomic E-state index is 0.00574. The van der Waals surface area contributed by atoms with Crippen molar-refractivity contribution in [2.75, 3.05) is 17.9 Å². The maximum absolute atomic E-state index is 13.3. The summed E-state index contributed by atoms with van der Waals surface area (Å²) in [5.74, 6) is -0.828. The number of benzene rings is 2. The Morgan fingerprint density at radius 1 is 1.31 bits per heavy atom. The highest BCUT2D eigenvalue weighted by Gasteiger charge is 2.27. The van der Waals surface area contributed by atoms with E-state index in [1.165, 1.54) is 43.4 Å². The first kappa shape index (κ1) is 21.0. The lowest BCUT2D eigenvalue weighted by Crippen LogP contribution is -2.38. The third-order valence-corrected chi connectivity index (χ3v) is 5.23. The van der Waals surface area contributed by atoms with Gasteiger partial charge in [-0.3, -0.25) is 9.00 Å². The van der Waals surface area contributed by atoms with E-state index in [-0.39, 0.29) is 40.0 Å². The highest BCUT2D eigenvalue weighted by atomic mass is 32.2. The zero-order valence-corrected chi connectivity index (χ0v) is 16.3. The summed E-state index contributed by atoms with van der Waals surface area (Å²) < 4.78 is 43.2. The molecule has 1 aromatic heterocycles. The lowest BCUT2D eigenvalue weighted by molar-refractivity contribution is 0.0964. The number of carbonyl (C=O) groups excluding carboxylic acids is 1. The summed E-state index contributed by atoms with van der Waals surface area (Å²) in [6, 6.07) is 7.92. The van der Waals surface area contributed by atoms with E-state index in [1.807, 2.05) is 0 Å². The van der Waals surface area contributed by atoms with Gasteiger partial charge >= 0.3 is 7.12 Å². The van der Waals surface area contributed by atoms with Gasteiger partial charge < -0.3 is 28.6 Å². The van der Waals surface area contributed by atoms with Crippen LogP contribution in [0.2, 0.25) is 0 Å². The minimum Gasteiger partial charge on any atom is -0.755 e. The molecule has 0 bridgehead atoms. The molecule has 1 atom stereocenters. The molecule has 0 fully saturated rings. The fourth-order valence-corrected chi connectivity index (χ4v) is 3.61. The van der Waals surface area contributed by atoms with Gasteiger partial charge in [0.05, 0.1) is 11.3 Å². The second-order valence-electron chi connectivity index (χ2n) is 6.08. The average molecular weight is 419 g/mol. The molecule has 0 spiro atoms. The summed E-state index contributed by atoms with van der Waals surface area (Å²) in [6.07, 6.45) is 0. The van der Waals surface area contributed by atoms with Crippen molar-refractivity contribution in [2.24, 2.45) is 0 Å². The van der Waals surface area contributed by atoms with Crippen molar-refractivity contribution in [3.05, 3.63) is 47.8 Å². The Hall–Kier alpha value is -2.73. The summed E-state index contributed by atoms with van der Waals surface area (Å²) in [4.78, 5) is 12.5. The van der Waals surface area contributed by atoms with E-state index in [9.17, 15) is 28.0 Å². The molecule has 0 aliphatic rings. The molecule has 1 unspecified atom stereocenters. The summed E-state index contributed by atoms with van der Waals surface area (Å²) in [5, 5.41) is 22.3. The molecule has 152 valence electrons. The first-order chi connectivity index (χ1) is 13.8. The van der Waals surface area contributed by atoms with Gasteiger partial charge in [-0.1, -0.05) is 0 Å². The van der Waals surface area contributed by atoms with Crippen LogP contribution in [0, 0.1) is 5.82 Å². The van der Waals surface area contributed by atoms with Crippen molar-refractivity contribution < 1.29 is 32.4 Å². The maximum Gasteiger partial charge on any atom is 0.490 e.